The molecule has 26 heavy (non-hydrogen) atoms. The quantitative estimate of drug-likeness (QED) is 0.835. The Morgan fingerprint density at radius 3 is 2.62 bits per heavy atom. The van der Waals surface area contributed by atoms with Crippen molar-refractivity contribution in [2.24, 2.45) is 5.41 Å². The highest BCUT2D eigenvalue weighted by molar-refractivity contribution is 5.98. The first kappa shape index (κ1) is 18.1. The van der Waals surface area contributed by atoms with Crippen LogP contribution in [0.25, 0.3) is 5.69 Å². The van der Waals surface area contributed by atoms with Gasteiger partial charge in [0.2, 0.25) is 0 Å². The number of para-hydroxylation sites is 1. The average molecular weight is 358 g/mol. The van der Waals surface area contributed by atoms with E-state index in [1.807, 2.05) is 13.0 Å². The number of nitrogens with zero attached hydrogens (tertiary/aromatic N) is 4. The molecule has 3 rings (SSSR count). The summed E-state index contributed by atoms with van der Waals surface area (Å²) in [7, 11) is 0. The highest BCUT2D eigenvalue weighted by Gasteiger charge is 2.49. The Bertz CT molecular complexity index is 792. The van der Waals surface area contributed by atoms with Gasteiger partial charge in [0.15, 0.2) is 0 Å². The molecule has 1 amide bonds. The lowest BCUT2D eigenvalue weighted by Gasteiger charge is -2.43. The van der Waals surface area contributed by atoms with Crippen LogP contribution in [0.15, 0.2) is 36.9 Å². The highest BCUT2D eigenvalue weighted by Crippen LogP contribution is 2.36. The van der Waals surface area contributed by atoms with Crippen LogP contribution in [0, 0.1) is 5.41 Å². The molecule has 1 aliphatic rings. The summed E-state index contributed by atoms with van der Waals surface area (Å²) >= 11 is 0. The van der Waals surface area contributed by atoms with Crippen molar-refractivity contribution >= 4 is 11.9 Å². The molecule has 0 bridgehead atoms. The van der Waals surface area contributed by atoms with E-state index in [0.29, 0.717) is 30.6 Å². The van der Waals surface area contributed by atoms with Crippen molar-refractivity contribution in [3.63, 3.8) is 0 Å². The summed E-state index contributed by atoms with van der Waals surface area (Å²) in [5, 5.41) is 27.6. The Hall–Kier alpha value is -2.74. The van der Waals surface area contributed by atoms with Crippen LogP contribution in [0.4, 0.5) is 0 Å². The largest absolute Gasteiger partial charge is 0.481 e. The van der Waals surface area contributed by atoms with Gasteiger partial charge >= 0.3 is 5.97 Å². The van der Waals surface area contributed by atoms with Crippen molar-refractivity contribution in [1.29, 1.82) is 0 Å². The van der Waals surface area contributed by atoms with E-state index in [2.05, 4.69) is 10.2 Å². The second-order valence-corrected chi connectivity index (χ2v) is 6.63. The van der Waals surface area contributed by atoms with Gasteiger partial charge in [-0.1, -0.05) is 25.5 Å². The Kier molecular flexibility index (Phi) is 5.03. The SMILES string of the molecule is CCC[C@@]1(C(=O)O)CN(C(=O)c2ccccc2-n2cnnc2)CC[C@@H]1O. The van der Waals surface area contributed by atoms with E-state index in [4.69, 9.17) is 0 Å². The number of likely N-dealkylation sites (tertiary alicyclic amines) is 1. The predicted octanol–water partition coefficient (Wildman–Crippen LogP) is 1.35. The second kappa shape index (κ2) is 7.25. The molecule has 2 aromatic rings. The van der Waals surface area contributed by atoms with Crippen LogP contribution < -0.4 is 0 Å². The molecule has 2 N–H and O–H groups in total. The third-order valence-corrected chi connectivity index (χ3v) is 5.02. The van der Waals surface area contributed by atoms with E-state index < -0.39 is 17.5 Å². The molecule has 0 radical (unpaired) electrons. The molecule has 2 heterocycles. The number of carbonyl (C=O) groups excluding carboxylic acids is 1. The van der Waals surface area contributed by atoms with E-state index in [-0.39, 0.29) is 18.9 Å². The number of amides is 1. The van der Waals surface area contributed by atoms with E-state index in [9.17, 15) is 19.8 Å². The number of aliphatic hydroxyl groups is 1. The number of aliphatic carboxylic acids is 1. The standard InChI is InChI=1S/C18H22N4O4/c1-2-8-18(17(25)26)10-21(9-7-15(18)23)16(24)13-5-3-4-6-14(13)22-11-19-20-12-22/h3-6,11-12,15,23H,2,7-10H2,1H3,(H,25,26)/t15-,18+/m0/s1. The predicted molar refractivity (Wildman–Crippen MR) is 92.9 cm³/mol. The molecule has 0 saturated carbocycles. The van der Waals surface area contributed by atoms with Crippen LogP contribution in [0.2, 0.25) is 0 Å². The molecule has 1 saturated heterocycles. The van der Waals surface area contributed by atoms with Gasteiger partial charge in [0.1, 0.15) is 18.1 Å². The molecule has 1 fully saturated rings. The Labute approximate surface area is 151 Å². The van der Waals surface area contributed by atoms with Crippen molar-refractivity contribution in [2.45, 2.75) is 32.3 Å². The molecule has 8 heteroatoms. The fourth-order valence-corrected chi connectivity index (χ4v) is 3.64. The number of aromatic nitrogens is 3. The molecule has 0 unspecified atom stereocenters. The molecular formula is C18H22N4O4. The lowest BCUT2D eigenvalue weighted by atomic mass is 9.74. The zero-order valence-electron chi connectivity index (χ0n) is 14.6. The molecule has 1 aromatic carbocycles. The molecule has 0 aliphatic carbocycles. The minimum atomic E-state index is -1.33. The Balaban J connectivity index is 1.93. The summed E-state index contributed by atoms with van der Waals surface area (Å²) in [6.45, 7) is 2.18. The number of carboxylic acids is 1. The summed E-state index contributed by atoms with van der Waals surface area (Å²) in [6.07, 6.45) is 3.22. The van der Waals surface area contributed by atoms with Gasteiger partial charge in [0.05, 0.1) is 17.4 Å². The number of carbonyl (C=O) groups is 2. The van der Waals surface area contributed by atoms with Crippen LogP contribution in [0.5, 0.6) is 0 Å². The number of carboxylic acid groups (broad SMARTS) is 1. The average Bonchev–Trinajstić information content (AvgIpc) is 3.17. The van der Waals surface area contributed by atoms with E-state index in [0.717, 1.165) is 0 Å². The summed E-state index contributed by atoms with van der Waals surface area (Å²) in [5.74, 6) is -1.32. The van der Waals surface area contributed by atoms with Crippen LogP contribution in [0.1, 0.15) is 36.5 Å². The highest BCUT2D eigenvalue weighted by atomic mass is 16.4. The first-order valence-corrected chi connectivity index (χ1v) is 8.64. The zero-order chi connectivity index (χ0) is 18.7. The minimum absolute atomic E-state index is 0.00726. The van der Waals surface area contributed by atoms with Gasteiger partial charge in [-0.2, -0.15) is 0 Å². The summed E-state index contributed by atoms with van der Waals surface area (Å²) in [6, 6.07) is 7.05. The first-order chi connectivity index (χ1) is 12.5. The Morgan fingerprint density at radius 1 is 1.27 bits per heavy atom. The van der Waals surface area contributed by atoms with Gasteiger partial charge in [-0.25, -0.2) is 0 Å². The molecule has 1 aromatic heterocycles. The first-order valence-electron chi connectivity index (χ1n) is 8.64. The van der Waals surface area contributed by atoms with Crippen molar-refractivity contribution < 1.29 is 19.8 Å². The van der Waals surface area contributed by atoms with Crippen LogP contribution >= 0.6 is 0 Å². The monoisotopic (exact) mass is 358 g/mol. The number of benzene rings is 1. The minimum Gasteiger partial charge on any atom is -0.481 e. The summed E-state index contributed by atoms with van der Waals surface area (Å²) in [4.78, 5) is 26.6. The van der Waals surface area contributed by atoms with Crippen LogP contribution in [0.3, 0.4) is 0 Å². The lowest BCUT2D eigenvalue weighted by molar-refractivity contribution is -0.162. The zero-order valence-corrected chi connectivity index (χ0v) is 14.6. The normalized spacial score (nSPS) is 23.0. The molecule has 2 atom stereocenters. The maximum atomic E-state index is 13.1. The fraction of sp³-hybridized carbons (Fsp3) is 0.444. The van der Waals surface area contributed by atoms with Gasteiger partial charge in [-0.05, 0) is 25.0 Å². The number of hydrogen-bond donors (Lipinski definition) is 2. The van der Waals surface area contributed by atoms with Gasteiger partial charge in [0, 0.05) is 13.1 Å². The van der Waals surface area contributed by atoms with E-state index in [1.165, 1.54) is 17.6 Å². The topological polar surface area (TPSA) is 109 Å². The molecular weight excluding hydrogens is 336 g/mol. The summed E-state index contributed by atoms with van der Waals surface area (Å²) < 4.78 is 1.64. The second-order valence-electron chi connectivity index (χ2n) is 6.63. The van der Waals surface area contributed by atoms with Gasteiger partial charge in [0.25, 0.3) is 5.91 Å². The number of hydrogen-bond acceptors (Lipinski definition) is 5. The van der Waals surface area contributed by atoms with Gasteiger partial charge in [-0.3, -0.25) is 14.2 Å². The fourth-order valence-electron chi connectivity index (χ4n) is 3.64. The third kappa shape index (κ3) is 3.08. The van der Waals surface area contributed by atoms with Gasteiger partial charge in [-0.15, -0.1) is 10.2 Å². The lowest BCUT2D eigenvalue weighted by Crippen LogP contribution is -2.57. The summed E-state index contributed by atoms with van der Waals surface area (Å²) in [5.41, 5.74) is -0.252. The maximum Gasteiger partial charge on any atom is 0.314 e. The third-order valence-electron chi connectivity index (χ3n) is 5.02. The van der Waals surface area contributed by atoms with E-state index >= 15 is 0 Å². The number of rotatable bonds is 5. The van der Waals surface area contributed by atoms with Crippen molar-refractivity contribution in [2.75, 3.05) is 13.1 Å². The van der Waals surface area contributed by atoms with E-state index in [1.54, 1.807) is 22.8 Å². The maximum absolute atomic E-state index is 13.1. The van der Waals surface area contributed by atoms with Crippen molar-refractivity contribution in [3.05, 3.63) is 42.5 Å². The number of aliphatic hydroxyl groups excluding tert-OH is 1. The smallest absolute Gasteiger partial charge is 0.314 e. The molecule has 138 valence electrons. The Morgan fingerprint density at radius 2 is 1.96 bits per heavy atom. The molecule has 8 nitrogen and oxygen atoms in total. The van der Waals surface area contributed by atoms with Crippen molar-refractivity contribution in [1.82, 2.24) is 19.7 Å². The van der Waals surface area contributed by atoms with Crippen LogP contribution in [-0.2, 0) is 4.79 Å². The van der Waals surface area contributed by atoms with Crippen LogP contribution in [-0.4, -0.2) is 60.9 Å². The van der Waals surface area contributed by atoms with Crippen molar-refractivity contribution in [3.8, 4) is 5.69 Å². The number of piperidine rings is 1. The molecule has 1 aliphatic heterocycles. The van der Waals surface area contributed by atoms with Gasteiger partial charge < -0.3 is 15.1 Å². The molecule has 0 spiro atoms.